The Morgan fingerprint density at radius 2 is 2.28 bits per heavy atom. The van der Waals surface area contributed by atoms with Crippen molar-refractivity contribution in [2.24, 2.45) is 10.9 Å². The van der Waals surface area contributed by atoms with Crippen LogP contribution in [0.5, 0.6) is 0 Å². The third-order valence-electron chi connectivity index (χ3n) is 2.32. The number of likely N-dealkylation sites (N-methyl/N-ethyl adjacent to an activating group) is 1. The monoisotopic (exact) mass is 317 g/mol. The molecule has 0 radical (unpaired) electrons. The predicted octanol–water partition coefficient (Wildman–Crippen LogP) is 1.80. The van der Waals surface area contributed by atoms with Crippen LogP contribution in [0.25, 0.3) is 0 Å². The highest BCUT2D eigenvalue weighted by Gasteiger charge is 2.16. The first kappa shape index (κ1) is 14.4. The Morgan fingerprint density at radius 1 is 1.61 bits per heavy atom. The molecule has 7 heteroatoms. The first-order valence-electron chi connectivity index (χ1n) is 5.20. The van der Waals surface area contributed by atoms with Crippen LogP contribution >= 0.6 is 15.9 Å². The van der Waals surface area contributed by atoms with E-state index in [1.165, 1.54) is 17.0 Å². The molecular weight excluding hydrogens is 305 g/mol. The summed E-state index contributed by atoms with van der Waals surface area (Å²) in [5.41, 5.74) is 5.56. The molecule has 1 aromatic rings. The van der Waals surface area contributed by atoms with E-state index < -0.39 is 5.82 Å². The predicted molar refractivity (Wildman–Crippen MR) is 69.1 cm³/mol. The topological polar surface area (TPSA) is 78.9 Å². The Kier molecular flexibility index (Phi) is 5.08. The fourth-order valence-corrected chi connectivity index (χ4v) is 1.61. The van der Waals surface area contributed by atoms with Crippen molar-refractivity contribution >= 4 is 27.7 Å². The molecule has 0 heterocycles. The van der Waals surface area contributed by atoms with E-state index in [0.29, 0.717) is 11.0 Å². The van der Waals surface area contributed by atoms with Crippen molar-refractivity contribution in [1.29, 1.82) is 0 Å². The van der Waals surface area contributed by atoms with E-state index >= 15 is 0 Å². The number of amidine groups is 1. The third-order valence-corrected chi connectivity index (χ3v) is 2.96. The Bertz CT molecular complexity index is 479. The van der Waals surface area contributed by atoms with Gasteiger partial charge in [0.25, 0.3) is 5.91 Å². The number of halogens is 2. The van der Waals surface area contributed by atoms with E-state index in [1.807, 2.05) is 0 Å². The van der Waals surface area contributed by atoms with Gasteiger partial charge in [-0.1, -0.05) is 5.16 Å². The van der Waals surface area contributed by atoms with E-state index in [4.69, 9.17) is 10.9 Å². The second-order valence-corrected chi connectivity index (χ2v) is 4.39. The van der Waals surface area contributed by atoms with Crippen molar-refractivity contribution < 1.29 is 14.4 Å². The Balaban J connectivity index is 2.93. The number of carbonyl (C=O) groups is 1. The lowest BCUT2D eigenvalue weighted by molar-refractivity contribution is 0.0785. The lowest BCUT2D eigenvalue weighted by atomic mass is 10.2. The zero-order chi connectivity index (χ0) is 13.7. The summed E-state index contributed by atoms with van der Waals surface area (Å²) in [4.78, 5) is 13.4. The second-order valence-electron chi connectivity index (χ2n) is 3.54. The van der Waals surface area contributed by atoms with Gasteiger partial charge in [-0.25, -0.2) is 4.39 Å². The molecule has 0 aliphatic carbocycles. The van der Waals surface area contributed by atoms with Crippen LogP contribution in [0.1, 0.15) is 17.3 Å². The highest BCUT2D eigenvalue weighted by molar-refractivity contribution is 9.10. The van der Waals surface area contributed by atoms with Crippen molar-refractivity contribution in [3.05, 3.63) is 34.1 Å². The van der Waals surface area contributed by atoms with E-state index in [-0.39, 0.29) is 23.9 Å². The van der Waals surface area contributed by atoms with Crippen molar-refractivity contribution in [3.8, 4) is 0 Å². The molecule has 0 aromatic heterocycles. The van der Waals surface area contributed by atoms with E-state index in [0.717, 1.165) is 6.07 Å². The molecule has 0 saturated heterocycles. The van der Waals surface area contributed by atoms with Crippen LogP contribution in [0.15, 0.2) is 27.8 Å². The van der Waals surface area contributed by atoms with Crippen LogP contribution in [0, 0.1) is 5.82 Å². The second kappa shape index (κ2) is 6.34. The first-order valence-corrected chi connectivity index (χ1v) is 5.99. The number of hydrogen-bond acceptors (Lipinski definition) is 3. The summed E-state index contributed by atoms with van der Waals surface area (Å²) < 4.78 is 13.6. The Labute approximate surface area is 112 Å². The van der Waals surface area contributed by atoms with Gasteiger partial charge in [-0.15, -0.1) is 0 Å². The van der Waals surface area contributed by atoms with Gasteiger partial charge in [-0.3, -0.25) is 4.79 Å². The summed E-state index contributed by atoms with van der Waals surface area (Å²) in [7, 11) is 0. The fourth-order valence-electron chi connectivity index (χ4n) is 1.37. The van der Waals surface area contributed by atoms with Gasteiger partial charge in [-0.05, 0) is 41.1 Å². The quantitative estimate of drug-likeness (QED) is 0.384. The highest BCUT2D eigenvalue weighted by atomic mass is 79.9. The Hall–Kier alpha value is -1.63. The smallest absolute Gasteiger partial charge is 0.254 e. The van der Waals surface area contributed by atoms with Crippen molar-refractivity contribution in [2.75, 3.05) is 13.1 Å². The number of hydrogen-bond donors (Lipinski definition) is 2. The average molecular weight is 318 g/mol. The SMILES string of the molecule is CCN(CC(N)=NO)C(=O)c1ccc(Br)c(F)c1. The highest BCUT2D eigenvalue weighted by Crippen LogP contribution is 2.17. The van der Waals surface area contributed by atoms with Crippen molar-refractivity contribution in [2.45, 2.75) is 6.92 Å². The normalized spacial score (nSPS) is 11.4. The van der Waals surface area contributed by atoms with Crippen LogP contribution in [-0.2, 0) is 0 Å². The summed E-state index contributed by atoms with van der Waals surface area (Å²) >= 11 is 3.01. The molecule has 1 amide bonds. The molecule has 0 aliphatic rings. The molecule has 0 saturated carbocycles. The van der Waals surface area contributed by atoms with Gasteiger partial charge in [0.05, 0.1) is 11.0 Å². The minimum absolute atomic E-state index is 0.0104. The lowest BCUT2D eigenvalue weighted by Gasteiger charge is -2.20. The zero-order valence-electron chi connectivity index (χ0n) is 9.73. The largest absolute Gasteiger partial charge is 0.409 e. The molecule has 98 valence electrons. The number of amides is 1. The van der Waals surface area contributed by atoms with Crippen LogP contribution in [0.2, 0.25) is 0 Å². The molecule has 0 aliphatic heterocycles. The van der Waals surface area contributed by atoms with Crippen LogP contribution in [0.4, 0.5) is 4.39 Å². The first-order chi connectivity index (χ1) is 8.49. The molecule has 1 aromatic carbocycles. The van der Waals surface area contributed by atoms with Gasteiger partial charge >= 0.3 is 0 Å². The standard InChI is InChI=1S/C11H13BrFN3O2/c1-2-16(6-10(14)15-18)11(17)7-3-4-8(12)9(13)5-7/h3-5,18H,2,6H2,1H3,(H2,14,15). The minimum atomic E-state index is -0.513. The minimum Gasteiger partial charge on any atom is -0.409 e. The average Bonchev–Trinajstić information content (AvgIpc) is 2.38. The molecular formula is C11H13BrFN3O2. The maximum atomic E-state index is 13.3. The van der Waals surface area contributed by atoms with Crippen LogP contribution in [-0.4, -0.2) is 34.9 Å². The molecule has 1 rings (SSSR count). The van der Waals surface area contributed by atoms with Gasteiger partial charge < -0.3 is 15.8 Å². The summed E-state index contributed by atoms with van der Waals surface area (Å²) in [6.45, 7) is 2.11. The van der Waals surface area contributed by atoms with Gasteiger partial charge in [-0.2, -0.15) is 0 Å². The molecule has 0 unspecified atom stereocenters. The van der Waals surface area contributed by atoms with Gasteiger partial charge in [0.15, 0.2) is 5.84 Å². The van der Waals surface area contributed by atoms with Gasteiger partial charge in [0, 0.05) is 12.1 Å². The van der Waals surface area contributed by atoms with E-state index in [9.17, 15) is 9.18 Å². The van der Waals surface area contributed by atoms with Gasteiger partial charge in [0.2, 0.25) is 0 Å². The number of benzene rings is 1. The summed E-state index contributed by atoms with van der Waals surface area (Å²) in [6, 6.07) is 4.10. The summed E-state index contributed by atoms with van der Waals surface area (Å²) in [6.07, 6.45) is 0. The number of nitrogens with zero attached hydrogens (tertiary/aromatic N) is 2. The van der Waals surface area contributed by atoms with E-state index in [1.54, 1.807) is 6.92 Å². The van der Waals surface area contributed by atoms with Crippen molar-refractivity contribution in [3.63, 3.8) is 0 Å². The summed E-state index contributed by atoms with van der Waals surface area (Å²) in [5, 5.41) is 11.3. The zero-order valence-corrected chi connectivity index (χ0v) is 11.3. The number of rotatable bonds is 4. The molecule has 0 fully saturated rings. The molecule has 0 atom stereocenters. The van der Waals surface area contributed by atoms with Gasteiger partial charge in [0.1, 0.15) is 5.82 Å². The molecule has 3 N–H and O–H groups in total. The van der Waals surface area contributed by atoms with Crippen molar-refractivity contribution in [1.82, 2.24) is 4.90 Å². The van der Waals surface area contributed by atoms with Crippen LogP contribution < -0.4 is 5.73 Å². The molecule has 0 bridgehead atoms. The number of oxime groups is 1. The number of carbonyl (C=O) groups excluding carboxylic acids is 1. The van der Waals surface area contributed by atoms with E-state index in [2.05, 4.69) is 21.1 Å². The summed E-state index contributed by atoms with van der Waals surface area (Å²) in [5.74, 6) is -0.973. The number of nitrogens with two attached hydrogens (primary N) is 1. The van der Waals surface area contributed by atoms with Crippen LogP contribution in [0.3, 0.4) is 0 Å². The molecule has 5 nitrogen and oxygen atoms in total. The lowest BCUT2D eigenvalue weighted by Crippen LogP contribution is -2.38. The Morgan fingerprint density at radius 3 is 2.78 bits per heavy atom. The maximum absolute atomic E-state index is 13.3. The fraction of sp³-hybridized carbons (Fsp3) is 0.273. The maximum Gasteiger partial charge on any atom is 0.254 e. The third kappa shape index (κ3) is 3.43. The molecule has 18 heavy (non-hydrogen) atoms. The molecule has 0 spiro atoms.